The van der Waals surface area contributed by atoms with Gasteiger partial charge in [-0.2, -0.15) is 4.98 Å². The highest BCUT2D eigenvalue weighted by molar-refractivity contribution is 5.74. The molecule has 3 heterocycles. The second-order valence-corrected chi connectivity index (χ2v) is 5.84. The van der Waals surface area contributed by atoms with E-state index in [9.17, 15) is 4.79 Å². The maximum atomic E-state index is 11.7. The summed E-state index contributed by atoms with van der Waals surface area (Å²) in [5, 5.41) is 3.85. The Labute approximate surface area is 119 Å². The fraction of sp³-hybridized carbons (Fsp3) is 0.786. The molecule has 2 fully saturated rings. The van der Waals surface area contributed by atoms with Gasteiger partial charge < -0.3 is 9.42 Å². The number of nitrogens with zero attached hydrogens (tertiary/aromatic N) is 4. The van der Waals surface area contributed by atoms with Crippen LogP contribution in [0.1, 0.15) is 44.3 Å². The number of aromatic nitrogens is 2. The Morgan fingerprint density at radius 3 is 2.75 bits per heavy atom. The van der Waals surface area contributed by atoms with Gasteiger partial charge in [-0.3, -0.25) is 9.69 Å². The van der Waals surface area contributed by atoms with E-state index in [1.165, 1.54) is 6.42 Å². The fourth-order valence-corrected chi connectivity index (χ4v) is 3.65. The second kappa shape index (κ2) is 5.52. The van der Waals surface area contributed by atoms with Gasteiger partial charge in [0, 0.05) is 25.6 Å². The number of hydrogen-bond acceptors (Lipinski definition) is 5. The lowest BCUT2D eigenvalue weighted by Gasteiger charge is -2.33. The first-order valence-electron chi connectivity index (χ1n) is 7.45. The average Bonchev–Trinajstić information content (AvgIpc) is 3.09. The zero-order valence-electron chi connectivity index (χ0n) is 12.2. The minimum absolute atomic E-state index is 0.202. The van der Waals surface area contributed by atoms with Crippen molar-refractivity contribution in [2.75, 3.05) is 13.1 Å². The third kappa shape index (κ3) is 2.57. The summed E-state index contributed by atoms with van der Waals surface area (Å²) in [7, 11) is 0. The molecule has 0 bridgehead atoms. The highest BCUT2D eigenvalue weighted by Crippen LogP contribution is 2.30. The van der Waals surface area contributed by atoms with Crippen molar-refractivity contribution in [3.63, 3.8) is 0 Å². The molecule has 0 aliphatic carbocycles. The molecule has 0 unspecified atom stereocenters. The molecular formula is C14H22N4O2. The van der Waals surface area contributed by atoms with E-state index in [4.69, 9.17) is 4.52 Å². The quantitative estimate of drug-likeness (QED) is 0.835. The van der Waals surface area contributed by atoms with E-state index >= 15 is 0 Å². The first-order valence-corrected chi connectivity index (χ1v) is 7.45. The second-order valence-electron chi connectivity index (χ2n) is 5.84. The summed E-state index contributed by atoms with van der Waals surface area (Å²) in [5.74, 6) is 1.57. The smallest absolute Gasteiger partial charge is 0.240 e. The summed E-state index contributed by atoms with van der Waals surface area (Å²) in [5.41, 5.74) is 0. The number of carbonyl (C=O) groups excluding carboxylic acids is 1. The van der Waals surface area contributed by atoms with Crippen molar-refractivity contribution in [1.29, 1.82) is 0 Å². The average molecular weight is 278 g/mol. The van der Waals surface area contributed by atoms with Crippen LogP contribution < -0.4 is 0 Å². The minimum Gasteiger partial charge on any atom is -0.338 e. The number of carbonyl (C=O) groups is 1. The van der Waals surface area contributed by atoms with Crippen LogP contribution in [-0.2, 0) is 11.3 Å². The van der Waals surface area contributed by atoms with Gasteiger partial charge in [0.15, 0.2) is 5.82 Å². The van der Waals surface area contributed by atoms with Gasteiger partial charge in [-0.1, -0.05) is 5.16 Å². The molecule has 2 atom stereocenters. The predicted octanol–water partition coefficient (Wildman–Crippen LogP) is 1.35. The van der Waals surface area contributed by atoms with E-state index in [1.807, 2.05) is 11.8 Å². The van der Waals surface area contributed by atoms with Crippen molar-refractivity contribution < 1.29 is 9.32 Å². The van der Waals surface area contributed by atoms with E-state index < -0.39 is 0 Å². The molecule has 110 valence electrons. The zero-order valence-corrected chi connectivity index (χ0v) is 12.2. The number of hydrogen-bond donors (Lipinski definition) is 0. The first kappa shape index (κ1) is 13.5. The first-order chi connectivity index (χ1) is 9.65. The lowest BCUT2D eigenvalue weighted by Crippen LogP contribution is -2.47. The van der Waals surface area contributed by atoms with Crippen LogP contribution in [0.5, 0.6) is 0 Å². The standard InChI is InChI=1S/C14H22N4O2/c1-10-15-14(20-16-10)9-17-7-3-5-12(17)13-6-4-8-18(13)11(2)19/h12-13H,3-9H2,1-2H3/t12-,13+/m0/s1. The van der Waals surface area contributed by atoms with Gasteiger partial charge >= 0.3 is 0 Å². The van der Waals surface area contributed by atoms with Gasteiger partial charge in [-0.25, -0.2) is 0 Å². The summed E-state index contributed by atoms with van der Waals surface area (Å²) in [6, 6.07) is 0.799. The molecule has 20 heavy (non-hydrogen) atoms. The van der Waals surface area contributed by atoms with Crippen LogP contribution >= 0.6 is 0 Å². The number of aryl methyl sites for hydroxylation is 1. The molecule has 0 N–H and O–H groups in total. The molecule has 1 amide bonds. The maximum Gasteiger partial charge on any atom is 0.240 e. The van der Waals surface area contributed by atoms with Crippen LogP contribution in [0.25, 0.3) is 0 Å². The topological polar surface area (TPSA) is 62.5 Å². The van der Waals surface area contributed by atoms with Crippen molar-refractivity contribution in [2.24, 2.45) is 0 Å². The molecule has 2 aliphatic heterocycles. The van der Waals surface area contributed by atoms with E-state index in [0.29, 0.717) is 30.3 Å². The highest BCUT2D eigenvalue weighted by atomic mass is 16.5. The number of amides is 1. The molecule has 1 aromatic rings. The Bertz CT molecular complexity index is 487. The Morgan fingerprint density at radius 2 is 2.05 bits per heavy atom. The van der Waals surface area contributed by atoms with Crippen LogP contribution in [0.2, 0.25) is 0 Å². The van der Waals surface area contributed by atoms with Crippen LogP contribution in [0.15, 0.2) is 4.52 Å². The van der Waals surface area contributed by atoms with Crippen molar-refractivity contribution in [1.82, 2.24) is 19.9 Å². The van der Waals surface area contributed by atoms with Crippen molar-refractivity contribution >= 4 is 5.91 Å². The van der Waals surface area contributed by atoms with E-state index in [0.717, 1.165) is 32.4 Å². The third-order valence-electron chi connectivity index (χ3n) is 4.47. The molecule has 0 saturated carbocycles. The summed E-state index contributed by atoms with van der Waals surface area (Å²) in [6.45, 7) is 6.17. The Kier molecular flexibility index (Phi) is 3.74. The van der Waals surface area contributed by atoms with Crippen molar-refractivity contribution in [2.45, 2.75) is 58.2 Å². The van der Waals surface area contributed by atoms with Crippen LogP contribution in [0.4, 0.5) is 0 Å². The molecule has 0 aromatic carbocycles. The molecule has 6 heteroatoms. The van der Waals surface area contributed by atoms with Crippen molar-refractivity contribution in [3.05, 3.63) is 11.7 Å². The normalized spacial score (nSPS) is 27.4. The molecule has 2 aliphatic rings. The van der Waals surface area contributed by atoms with Crippen LogP contribution in [0, 0.1) is 6.92 Å². The van der Waals surface area contributed by atoms with Gasteiger partial charge in [0.2, 0.25) is 11.8 Å². The SMILES string of the molecule is CC(=O)N1CCC[C@@H]1[C@@H]1CCCN1Cc1nc(C)no1. The van der Waals surface area contributed by atoms with E-state index in [-0.39, 0.29) is 5.91 Å². The largest absolute Gasteiger partial charge is 0.338 e. The number of rotatable bonds is 3. The zero-order chi connectivity index (χ0) is 14.1. The molecule has 0 radical (unpaired) electrons. The minimum atomic E-state index is 0.202. The Balaban J connectivity index is 1.70. The van der Waals surface area contributed by atoms with Gasteiger partial charge in [-0.05, 0) is 39.2 Å². The lowest BCUT2D eigenvalue weighted by molar-refractivity contribution is -0.130. The van der Waals surface area contributed by atoms with Crippen molar-refractivity contribution in [3.8, 4) is 0 Å². The van der Waals surface area contributed by atoms with Crippen LogP contribution in [-0.4, -0.2) is 51.0 Å². The van der Waals surface area contributed by atoms with Gasteiger partial charge in [0.25, 0.3) is 0 Å². The predicted molar refractivity (Wildman–Crippen MR) is 72.9 cm³/mol. The molecule has 0 spiro atoms. The fourth-order valence-electron chi connectivity index (χ4n) is 3.65. The molecule has 6 nitrogen and oxygen atoms in total. The molecule has 3 rings (SSSR count). The number of likely N-dealkylation sites (tertiary alicyclic amines) is 2. The monoisotopic (exact) mass is 278 g/mol. The van der Waals surface area contributed by atoms with Gasteiger partial charge in [0.05, 0.1) is 6.54 Å². The summed E-state index contributed by atoms with van der Waals surface area (Å²) < 4.78 is 5.23. The molecule has 1 aromatic heterocycles. The summed E-state index contributed by atoms with van der Waals surface area (Å²) >= 11 is 0. The molecular weight excluding hydrogens is 256 g/mol. The Morgan fingerprint density at radius 1 is 1.30 bits per heavy atom. The van der Waals surface area contributed by atoms with Gasteiger partial charge in [-0.15, -0.1) is 0 Å². The van der Waals surface area contributed by atoms with Crippen LogP contribution in [0.3, 0.4) is 0 Å². The van der Waals surface area contributed by atoms with E-state index in [1.54, 1.807) is 6.92 Å². The highest BCUT2D eigenvalue weighted by Gasteiger charge is 2.39. The third-order valence-corrected chi connectivity index (χ3v) is 4.47. The maximum absolute atomic E-state index is 11.7. The Hall–Kier alpha value is -1.43. The van der Waals surface area contributed by atoms with E-state index in [2.05, 4.69) is 15.0 Å². The molecule has 2 saturated heterocycles. The summed E-state index contributed by atoms with van der Waals surface area (Å²) in [4.78, 5) is 20.5. The summed E-state index contributed by atoms with van der Waals surface area (Å²) in [6.07, 6.45) is 4.57. The van der Waals surface area contributed by atoms with Gasteiger partial charge in [0.1, 0.15) is 0 Å². The lowest BCUT2D eigenvalue weighted by atomic mass is 10.0.